The Kier molecular flexibility index (Phi) is 4.39. The Morgan fingerprint density at radius 2 is 2.10 bits per heavy atom. The van der Waals surface area contributed by atoms with Crippen LogP contribution in [0, 0.1) is 0 Å². The van der Waals surface area contributed by atoms with Crippen LogP contribution in [0.2, 0.25) is 0 Å². The van der Waals surface area contributed by atoms with Gasteiger partial charge in [-0.25, -0.2) is 9.78 Å². The lowest BCUT2D eigenvalue weighted by Gasteiger charge is -2.31. The highest BCUT2D eigenvalue weighted by molar-refractivity contribution is 5.89. The van der Waals surface area contributed by atoms with Gasteiger partial charge in [-0.3, -0.25) is 4.79 Å². The van der Waals surface area contributed by atoms with Crippen molar-refractivity contribution in [2.24, 2.45) is 0 Å². The monoisotopic (exact) mass is 422 g/mol. The minimum Gasteiger partial charge on any atom is -0.496 e. The number of aliphatic hydroxyl groups is 2. The molecule has 1 unspecified atom stereocenters. The number of carbonyl (C=O) groups excluding carboxylic acids is 1. The molecule has 2 aromatic heterocycles. The molecule has 3 aromatic rings. The molecule has 4 heterocycles. The normalized spacial score (nSPS) is 19.0. The zero-order valence-electron chi connectivity index (χ0n) is 17.3. The first-order valence-corrected chi connectivity index (χ1v) is 10.2. The van der Waals surface area contributed by atoms with Gasteiger partial charge in [0.05, 0.1) is 36.1 Å². The molecule has 160 valence electrons. The zero-order chi connectivity index (χ0) is 21.9. The van der Waals surface area contributed by atoms with Crippen LogP contribution in [0.15, 0.2) is 29.1 Å². The lowest BCUT2D eigenvalue weighted by Crippen LogP contribution is -2.44. The average Bonchev–Trinajstić information content (AvgIpc) is 3.14. The summed E-state index contributed by atoms with van der Waals surface area (Å²) in [5.41, 5.74) is 2.11. The Hall–Kier alpha value is -3.23. The third-order valence-electron chi connectivity index (χ3n) is 6.34. The fourth-order valence-corrected chi connectivity index (χ4v) is 4.65. The summed E-state index contributed by atoms with van der Waals surface area (Å²) in [4.78, 5) is 30.3. The summed E-state index contributed by atoms with van der Waals surface area (Å²) < 4.78 is 12.2. The third-order valence-corrected chi connectivity index (χ3v) is 6.34. The number of hydrogen-bond acceptors (Lipinski definition) is 7. The number of nitrogens with zero attached hydrogens (tertiary/aromatic N) is 2. The fraction of sp³-hybridized carbons (Fsp3) is 0.348. The molecule has 0 radical (unpaired) electrons. The number of aromatic nitrogens is 2. The Labute approximate surface area is 177 Å². The number of methoxy groups -OCH3 is 1. The maximum Gasteiger partial charge on any atom is 0.343 e. The first kappa shape index (κ1) is 19.7. The molecule has 2 aliphatic rings. The molecule has 0 fully saturated rings. The largest absolute Gasteiger partial charge is 0.496 e. The summed E-state index contributed by atoms with van der Waals surface area (Å²) in [5, 5.41) is 21.3. The van der Waals surface area contributed by atoms with Crippen LogP contribution in [-0.4, -0.2) is 39.5 Å². The second kappa shape index (κ2) is 6.90. The predicted octanol–water partition coefficient (Wildman–Crippen LogP) is 1.62. The van der Waals surface area contributed by atoms with E-state index in [1.807, 2.05) is 18.2 Å². The first-order valence-electron chi connectivity index (χ1n) is 10.2. The van der Waals surface area contributed by atoms with E-state index in [-0.39, 0.29) is 25.2 Å². The predicted molar refractivity (Wildman–Crippen MR) is 112 cm³/mol. The van der Waals surface area contributed by atoms with Crippen molar-refractivity contribution in [3.63, 3.8) is 0 Å². The summed E-state index contributed by atoms with van der Waals surface area (Å²) in [6.07, 6.45) is 0.523. The van der Waals surface area contributed by atoms with Crippen LogP contribution in [0.5, 0.6) is 5.75 Å². The van der Waals surface area contributed by atoms with Crippen molar-refractivity contribution in [2.75, 3.05) is 13.7 Å². The van der Waals surface area contributed by atoms with Gasteiger partial charge in [-0.05, 0) is 37.1 Å². The van der Waals surface area contributed by atoms with E-state index in [4.69, 9.17) is 14.5 Å². The maximum absolute atomic E-state index is 13.2. The van der Waals surface area contributed by atoms with Gasteiger partial charge in [0.1, 0.15) is 12.4 Å². The van der Waals surface area contributed by atoms with Crippen molar-refractivity contribution in [1.82, 2.24) is 9.55 Å². The van der Waals surface area contributed by atoms with E-state index < -0.39 is 11.6 Å². The van der Waals surface area contributed by atoms with Gasteiger partial charge in [0.15, 0.2) is 5.60 Å². The molecule has 0 saturated carbocycles. The van der Waals surface area contributed by atoms with Gasteiger partial charge >= 0.3 is 5.97 Å². The summed E-state index contributed by atoms with van der Waals surface area (Å²) in [6.45, 7) is 1.83. The molecule has 0 saturated heterocycles. The van der Waals surface area contributed by atoms with E-state index in [9.17, 15) is 19.8 Å². The Balaban J connectivity index is 1.76. The number of ether oxygens (including phenoxy) is 2. The number of benzene rings is 1. The van der Waals surface area contributed by atoms with Gasteiger partial charge < -0.3 is 24.3 Å². The van der Waals surface area contributed by atoms with Crippen LogP contribution in [0.25, 0.3) is 22.3 Å². The van der Waals surface area contributed by atoms with Gasteiger partial charge in [-0.2, -0.15) is 0 Å². The summed E-state index contributed by atoms with van der Waals surface area (Å²) in [7, 11) is 1.58. The Morgan fingerprint density at radius 1 is 1.29 bits per heavy atom. The van der Waals surface area contributed by atoms with Crippen molar-refractivity contribution in [1.29, 1.82) is 0 Å². The summed E-state index contributed by atoms with van der Waals surface area (Å²) in [6, 6.07) is 7.33. The average molecular weight is 422 g/mol. The van der Waals surface area contributed by atoms with E-state index in [1.54, 1.807) is 24.7 Å². The van der Waals surface area contributed by atoms with E-state index in [0.29, 0.717) is 46.7 Å². The van der Waals surface area contributed by atoms with Crippen molar-refractivity contribution in [2.45, 2.75) is 38.5 Å². The number of hydrogen-bond donors (Lipinski definition) is 2. The number of fused-ring (bicyclic) bond motifs is 5. The van der Waals surface area contributed by atoms with Gasteiger partial charge in [-0.1, -0.05) is 6.92 Å². The number of esters is 1. The molecular formula is C23H22N2O6. The van der Waals surface area contributed by atoms with Crippen LogP contribution in [0.1, 0.15) is 35.6 Å². The van der Waals surface area contributed by atoms with Crippen molar-refractivity contribution in [3.05, 3.63) is 56.9 Å². The number of carbonyl (C=O) groups is 1. The third kappa shape index (κ3) is 2.65. The van der Waals surface area contributed by atoms with Crippen LogP contribution >= 0.6 is 0 Å². The van der Waals surface area contributed by atoms with Crippen molar-refractivity contribution >= 4 is 16.9 Å². The number of rotatable bonds is 4. The van der Waals surface area contributed by atoms with E-state index in [2.05, 4.69) is 0 Å². The van der Waals surface area contributed by atoms with Gasteiger partial charge in [0, 0.05) is 28.7 Å². The highest BCUT2D eigenvalue weighted by Gasteiger charge is 2.45. The lowest BCUT2D eigenvalue weighted by molar-refractivity contribution is -0.172. The second-order valence-corrected chi connectivity index (χ2v) is 7.89. The molecule has 8 heteroatoms. The number of aliphatic hydroxyl groups excluding tert-OH is 1. The second-order valence-electron chi connectivity index (χ2n) is 7.89. The van der Waals surface area contributed by atoms with Gasteiger partial charge in [-0.15, -0.1) is 0 Å². The summed E-state index contributed by atoms with van der Waals surface area (Å²) in [5.74, 6) is -0.0626. The van der Waals surface area contributed by atoms with Crippen LogP contribution < -0.4 is 10.3 Å². The molecule has 1 aromatic carbocycles. The van der Waals surface area contributed by atoms with E-state index in [1.165, 1.54) is 0 Å². The molecule has 2 aliphatic heterocycles. The molecule has 2 N–H and O–H groups in total. The van der Waals surface area contributed by atoms with Crippen LogP contribution in [-0.2, 0) is 34.7 Å². The number of pyridine rings is 2. The van der Waals surface area contributed by atoms with E-state index >= 15 is 0 Å². The molecule has 0 aliphatic carbocycles. The molecule has 0 bridgehead atoms. The molecule has 5 rings (SSSR count). The highest BCUT2D eigenvalue weighted by atomic mass is 16.6. The summed E-state index contributed by atoms with van der Waals surface area (Å²) >= 11 is 0. The number of cyclic esters (lactones) is 1. The first-order chi connectivity index (χ1) is 14.9. The van der Waals surface area contributed by atoms with E-state index in [0.717, 1.165) is 16.5 Å². The molecule has 0 amide bonds. The maximum atomic E-state index is 13.2. The molecule has 31 heavy (non-hydrogen) atoms. The standard InChI is InChI=1S/C23H22N2O6/c1-3-23(29)16-9-18-20-12(10-25(18)21(27)15(16)11-31-22(23)28)8-14-13(6-7-26)19(30-2)5-4-17(14)24-20/h4-5,8-9,26,29H,3,6-7,10-11H2,1-2H3. The smallest absolute Gasteiger partial charge is 0.343 e. The minimum atomic E-state index is -1.84. The highest BCUT2D eigenvalue weighted by Crippen LogP contribution is 2.39. The fourth-order valence-electron chi connectivity index (χ4n) is 4.65. The Bertz CT molecular complexity index is 1310. The quantitative estimate of drug-likeness (QED) is 0.481. The Morgan fingerprint density at radius 3 is 2.81 bits per heavy atom. The van der Waals surface area contributed by atoms with Crippen LogP contribution in [0.4, 0.5) is 0 Å². The molecule has 1 atom stereocenters. The zero-order valence-corrected chi connectivity index (χ0v) is 17.3. The van der Waals surface area contributed by atoms with Crippen LogP contribution in [0.3, 0.4) is 0 Å². The van der Waals surface area contributed by atoms with Gasteiger partial charge in [0.25, 0.3) is 5.56 Å². The SMILES string of the molecule is CCC1(O)C(=O)OCc2c1cc1n(c2=O)Cc2cc3c(CCO)c(OC)ccc3nc2-1. The molecular weight excluding hydrogens is 400 g/mol. The van der Waals surface area contributed by atoms with Crippen molar-refractivity contribution in [3.8, 4) is 17.1 Å². The lowest BCUT2D eigenvalue weighted by atomic mass is 9.86. The van der Waals surface area contributed by atoms with Crippen molar-refractivity contribution < 1.29 is 24.5 Å². The minimum absolute atomic E-state index is 0.0252. The molecule has 0 spiro atoms. The topological polar surface area (TPSA) is 111 Å². The van der Waals surface area contributed by atoms with Gasteiger partial charge in [0.2, 0.25) is 0 Å². The molecule has 8 nitrogen and oxygen atoms in total.